The van der Waals surface area contributed by atoms with Crippen LogP contribution in [-0.2, 0) is 11.2 Å². The summed E-state index contributed by atoms with van der Waals surface area (Å²) in [5.41, 5.74) is 6.35. The quantitative estimate of drug-likeness (QED) is 0.748. The summed E-state index contributed by atoms with van der Waals surface area (Å²) in [7, 11) is 3.28. The van der Waals surface area contributed by atoms with Crippen LogP contribution in [0.1, 0.15) is 5.56 Å². The van der Waals surface area contributed by atoms with Gasteiger partial charge < -0.3 is 20.5 Å². The Morgan fingerprint density at radius 3 is 2.56 bits per heavy atom. The van der Waals surface area contributed by atoms with Crippen LogP contribution in [0.4, 0.5) is 0 Å². The summed E-state index contributed by atoms with van der Waals surface area (Å²) in [4.78, 5) is 13.1. The number of carbonyl (C=O) groups is 1. The van der Waals surface area contributed by atoms with Crippen LogP contribution >= 0.6 is 0 Å². The van der Waals surface area contributed by atoms with Crippen molar-refractivity contribution in [2.75, 3.05) is 27.2 Å². The van der Waals surface area contributed by atoms with Gasteiger partial charge in [-0.15, -0.1) is 0 Å². The number of nitrogens with two attached hydrogens (primary N) is 1. The zero-order valence-corrected chi connectivity index (χ0v) is 10.8. The first-order valence-corrected chi connectivity index (χ1v) is 5.84. The van der Waals surface area contributed by atoms with Crippen LogP contribution in [0, 0.1) is 0 Å². The van der Waals surface area contributed by atoms with Crippen LogP contribution in [0.2, 0.25) is 0 Å². The highest BCUT2D eigenvalue weighted by molar-refractivity contribution is 5.80. The molecule has 0 bridgehead atoms. The molecular weight excluding hydrogens is 232 g/mol. The first kappa shape index (κ1) is 14.5. The second-order valence-corrected chi connectivity index (χ2v) is 4.11. The van der Waals surface area contributed by atoms with Gasteiger partial charge in [0.25, 0.3) is 5.91 Å². The van der Waals surface area contributed by atoms with E-state index in [0.717, 1.165) is 17.7 Å². The summed E-state index contributed by atoms with van der Waals surface area (Å²) in [6.07, 6.45) is -0.380. The molecule has 1 aromatic rings. The Balaban J connectivity index is 2.46. The molecule has 1 aromatic carbocycles. The number of benzene rings is 1. The molecule has 0 aliphatic carbocycles. The van der Waals surface area contributed by atoms with E-state index < -0.39 is 6.10 Å². The van der Waals surface area contributed by atoms with Crippen molar-refractivity contribution >= 4 is 5.91 Å². The summed E-state index contributed by atoms with van der Waals surface area (Å²) in [6.45, 7) is 0.494. The first-order chi connectivity index (χ1) is 8.58. The summed E-state index contributed by atoms with van der Waals surface area (Å²) in [5.74, 6) is 0.466. The van der Waals surface area contributed by atoms with E-state index in [1.54, 1.807) is 14.2 Å². The molecule has 0 heterocycles. The van der Waals surface area contributed by atoms with Crippen LogP contribution in [0.3, 0.4) is 0 Å². The zero-order valence-electron chi connectivity index (χ0n) is 10.8. The Morgan fingerprint density at radius 2 is 2.06 bits per heavy atom. The highest BCUT2D eigenvalue weighted by Gasteiger charge is 2.17. The number of ether oxygens (including phenoxy) is 1. The Labute approximate surface area is 107 Å². The number of hydrogen-bond donors (Lipinski definition) is 2. The summed E-state index contributed by atoms with van der Waals surface area (Å²) in [6, 6.07) is 7.67. The van der Waals surface area contributed by atoms with Crippen molar-refractivity contribution in [1.82, 2.24) is 4.90 Å². The minimum Gasteiger partial charge on any atom is -0.497 e. The lowest BCUT2D eigenvalue weighted by molar-refractivity contribution is -0.138. The Bertz CT molecular complexity index is 378. The molecule has 3 N–H and O–H groups in total. The second-order valence-electron chi connectivity index (χ2n) is 4.11. The molecule has 1 amide bonds. The van der Waals surface area contributed by atoms with E-state index in [0.29, 0.717) is 6.54 Å². The minimum atomic E-state index is -1.11. The van der Waals surface area contributed by atoms with Gasteiger partial charge in [-0.1, -0.05) is 12.1 Å². The maximum Gasteiger partial charge on any atom is 0.252 e. The van der Waals surface area contributed by atoms with E-state index in [1.807, 2.05) is 24.3 Å². The molecule has 1 unspecified atom stereocenters. The van der Waals surface area contributed by atoms with Gasteiger partial charge in [0.15, 0.2) is 0 Å². The van der Waals surface area contributed by atoms with Gasteiger partial charge in [0, 0.05) is 20.1 Å². The number of aliphatic hydroxyl groups excluding tert-OH is 1. The van der Waals surface area contributed by atoms with E-state index in [4.69, 9.17) is 10.5 Å². The molecule has 0 saturated carbocycles. The van der Waals surface area contributed by atoms with Gasteiger partial charge in [-0.25, -0.2) is 0 Å². The van der Waals surface area contributed by atoms with E-state index in [9.17, 15) is 9.90 Å². The van der Waals surface area contributed by atoms with Crippen LogP contribution in [0.15, 0.2) is 24.3 Å². The second kappa shape index (κ2) is 6.98. The molecule has 0 saturated heterocycles. The largest absolute Gasteiger partial charge is 0.497 e. The van der Waals surface area contributed by atoms with Gasteiger partial charge >= 0.3 is 0 Å². The Hall–Kier alpha value is -1.59. The molecule has 5 nitrogen and oxygen atoms in total. The number of amides is 1. The van der Waals surface area contributed by atoms with E-state index >= 15 is 0 Å². The van der Waals surface area contributed by atoms with Gasteiger partial charge in [-0.2, -0.15) is 0 Å². The minimum absolute atomic E-state index is 0.0499. The standard InChI is InChI=1S/C13H20N2O3/c1-15(13(17)12(16)9-14)8-7-10-3-5-11(18-2)6-4-10/h3-6,12,16H,7-9,14H2,1-2H3. The highest BCUT2D eigenvalue weighted by atomic mass is 16.5. The van der Waals surface area contributed by atoms with Gasteiger partial charge in [-0.3, -0.25) is 4.79 Å². The highest BCUT2D eigenvalue weighted by Crippen LogP contribution is 2.11. The Kier molecular flexibility index (Phi) is 5.61. The Morgan fingerprint density at radius 1 is 1.44 bits per heavy atom. The van der Waals surface area contributed by atoms with Gasteiger partial charge in [0.05, 0.1) is 7.11 Å². The third kappa shape index (κ3) is 4.01. The normalized spacial score (nSPS) is 12.0. The number of rotatable bonds is 6. The fourth-order valence-electron chi connectivity index (χ4n) is 1.55. The molecule has 100 valence electrons. The number of likely N-dealkylation sites (N-methyl/N-ethyl adjacent to an activating group) is 1. The van der Waals surface area contributed by atoms with Crippen LogP contribution in [0.25, 0.3) is 0 Å². The maximum atomic E-state index is 11.6. The van der Waals surface area contributed by atoms with Crippen LogP contribution < -0.4 is 10.5 Å². The van der Waals surface area contributed by atoms with Crippen LogP contribution in [-0.4, -0.2) is 49.3 Å². The molecule has 0 aromatic heterocycles. The zero-order chi connectivity index (χ0) is 13.5. The fourth-order valence-corrected chi connectivity index (χ4v) is 1.55. The molecule has 0 aliphatic rings. The van der Waals surface area contributed by atoms with Crippen molar-refractivity contribution in [3.63, 3.8) is 0 Å². The van der Waals surface area contributed by atoms with E-state index in [2.05, 4.69) is 0 Å². The third-order valence-corrected chi connectivity index (χ3v) is 2.78. The van der Waals surface area contributed by atoms with Crippen molar-refractivity contribution in [3.05, 3.63) is 29.8 Å². The first-order valence-electron chi connectivity index (χ1n) is 5.84. The number of nitrogens with zero attached hydrogens (tertiary/aromatic N) is 1. The predicted molar refractivity (Wildman–Crippen MR) is 69.4 cm³/mol. The van der Waals surface area contributed by atoms with Crippen molar-refractivity contribution in [3.8, 4) is 5.75 Å². The van der Waals surface area contributed by atoms with Gasteiger partial charge in [0.1, 0.15) is 11.9 Å². The number of methoxy groups -OCH3 is 1. The fraction of sp³-hybridized carbons (Fsp3) is 0.462. The topological polar surface area (TPSA) is 75.8 Å². The number of aliphatic hydroxyl groups is 1. The molecule has 1 rings (SSSR count). The summed E-state index contributed by atoms with van der Waals surface area (Å²) in [5, 5.41) is 9.33. The lowest BCUT2D eigenvalue weighted by Crippen LogP contribution is -2.41. The molecule has 5 heteroatoms. The monoisotopic (exact) mass is 252 g/mol. The molecule has 18 heavy (non-hydrogen) atoms. The average molecular weight is 252 g/mol. The van der Waals surface area contributed by atoms with Crippen molar-refractivity contribution < 1.29 is 14.6 Å². The molecule has 0 spiro atoms. The molecule has 0 radical (unpaired) electrons. The van der Waals surface area contributed by atoms with E-state index in [-0.39, 0.29) is 12.5 Å². The maximum absolute atomic E-state index is 11.6. The average Bonchev–Trinajstić information content (AvgIpc) is 2.43. The summed E-state index contributed by atoms with van der Waals surface area (Å²) >= 11 is 0. The van der Waals surface area contributed by atoms with E-state index in [1.165, 1.54) is 4.90 Å². The lowest BCUT2D eigenvalue weighted by atomic mass is 10.1. The summed E-state index contributed by atoms with van der Waals surface area (Å²) < 4.78 is 5.07. The van der Waals surface area contributed by atoms with Gasteiger partial charge in [-0.05, 0) is 24.1 Å². The molecule has 1 atom stereocenters. The van der Waals surface area contributed by atoms with Crippen molar-refractivity contribution in [2.24, 2.45) is 5.73 Å². The smallest absolute Gasteiger partial charge is 0.252 e. The molecule has 0 aliphatic heterocycles. The van der Waals surface area contributed by atoms with Crippen molar-refractivity contribution in [2.45, 2.75) is 12.5 Å². The SMILES string of the molecule is COc1ccc(CCN(C)C(=O)C(O)CN)cc1. The van der Waals surface area contributed by atoms with Crippen LogP contribution in [0.5, 0.6) is 5.75 Å². The van der Waals surface area contributed by atoms with Crippen molar-refractivity contribution in [1.29, 1.82) is 0 Å². The lowest BCUT2D eigenvalue weighted by Gasteiger charge is -2.19. The third-order valence-electron chi connectivity index (χ3n) is 2.78. The van der Waals surface area contributed by atoms with Gasteiger partial charge in [0.2, 0.25) is 0 Å². The molecular formula is C13H20N2O3. The predicted octanol–water partition coefficient (Wildman–Crippen LogP) is 0.0157. The molecule has 0 fully saturated rings. The number of carbonyl (C=O) groups excluding carboxylic acids is 1. The number of hydrogen-bond acceptors (Lipinski definition) is 4.